The summed E-state index contributed by atoms with van der Waals surface area (Å²) in [7, 11) is 0. The highest BCUT2D eigenvalue weighted by Crippen LogP contribution is 2.34. The molecule has 1 aromatic rings. The van der Waals surface area contributed by atoms with Crippen molar-refractivity contribution in [3.05, 3.63) is 34.3 Å². The molecule has 0 bridgehead atoms. The Morgan fingerprint density at radius 1 is 1.33 bits per heavy atom. The molecule has 21 heavy (non-hydrogen) atoms. The van der Waals surface area contributed by atoms with E-state index in [1.807, 2.05) is 0 Å². The van der Waals surface area contributed by atoms with E-state index in [4.69, 9.17) is 11.6 Å². The quantitative estimate of drug-likeness (QED) is 0.902. The number of rotatable bonds is 3. The molecule has 0 radical (unpaired) electrons. The maximum Gasteiger partial charge on any atom is 0.0453 e. The molecule has 1 saturated carbocycles. The second-order valence-corrected chi connectivity index (χ2v) is 7.34. The predicted molar refractivity (Wildman–Crippen MR) is 89.9 cm³/mol. The molecule has 1 saturated heterocycles. The summed E-state index contributed by atoms with van der Waals surface area (Å²) >= 11 is 6.45. The highest BCUT2D eigenvalue weighted by atomic mass is 35.5. The van der Waals surface area contributed by atoms with Gasteiger partial charge in [0.15, 0.2) is 0 Å². The fraction of sp³-hybridized carbons (Fsp3) is 0.667. The van der Waals surface area contributed by atoms with Crippen LogP contribution in [-0.4, -0.2) is 29.6 Å². The lowest BCUT2D eigenvalue weighted by Gasteiger charge is -2.46. The van der Waals surface area contributed by atoms with Gasteiger partial charge >= 0.3 is 0 Å². The minimum atomic E-state index is 0.378. The van der Waals surface area contributed by atoms with Crippen molar-refractivity contribution in [1.82, 2.24) is 10.2 Å². The zero-order valence-electron chi connectivity index (χ0n) is 13.3. The molecule has 2 aliphatic rings. The number of benzene rings is 1. The van der Waals surface area contributed by atoms with Gasteiger partial charge in [-0.05, 0) is 43.4 Å². The maximum absolute atomic E-state index is 6.45. The van der Waals surface area contributed by atoms with Gasteiger partial charge in [-0.25, -0.2) is 0 Å². The molecule has 2 nitrogen and oxygen atoms in total. The lowest BCUT2D eigenvalue weighted by molar-refractivity contribution is 0.0718. The molecule has 1 aliphatic carbocycles. The van der Waals surface area contributed by atoms with Gasteiger partial charge in [-0.15, -0.1) is 0 Å². The average Bonchev–Trinajstić information content (AvgIpc) is 2.90. The maximum atomic E-state index is 6.45. The standard InChI is InChI=1S/C18H27ClN2/c1-3-16-11-20-18(8-4-5-9-18)13-21(16)12-15-7-6-14(2)10-17(15)19/h6-7,10,16,20H,3-5,8-9,11-13H2,1-2H3. The summed E-state index contributed by atoms with van der Waals surface area (Å²) in [5, 5.41) is 4.78. The lowest BCUT2D eigenvalue weighted by Crippen LogP contribution is -2.62. The van der Waals surface area contributed by atoms with E-state index >= 15 is 0 Å². The van der Waals surface area contributed by atoms with Crippen molar-refractivity contribution in [3.63, 3.8) is 0 Å². The Morgan fingerprint density at radius 3 is 2.76 bits per heavy atom. The van der Waals surface area contributed by atoms with Gasteiger partial charge in [0, 0.05) is 36.2 Å². The summed E-state index contributed by atoms with van der Waals surface area (Å²) in [6.45, 7) is 7.68. The molecule has 1 N–H and O–H groups in total. The Hall–Kier alpha value is -0.570. The summed E-state index contributed by atoms with van der Waals surface area (Å²) in [4.78, 5) is 2.67. The predicted octanol–water partition coefficient (Wildman–Crippen LogP) is 4.15. The summed E-state index contributed by atoms with van der Waals surface area (Å²) in [5.41, 5.74) is 2.89. The number of nitrogens with one attached hydrogen (secondary N) is 1. The van der Waals surface area contributed by atoms with E-state index in [0.717, 1.165) is 18.1 Å². The monoisotopic (exact) mass is 306 g/mol. The van der Waals surface area contributed by atoms with Crippen LogP contribution in [0, 0.1) is 6.92 Å². The van der Waals surface area contributed by atoms with Crippen LogP contribution in [0.5, 0.6) is 0 Å². The summed E-state index contributed by atoms with van der Waals surface area (Å²) in [5.74, 6) is 0. The molecule has 116 valence electrons. The largest absolute Gasteiger partial charge is 0.308 e. The van der Waals surface area contributed by atoms with Crippen molar-refractivity contribution in [2.45, 2.75) is 64.1 Å². The van der Waals surface area contributed by atoms with Crippen LogP contribution in [0.1, 0.15) is 50.2 Å². The minimum Gasteiger partial charge on any atom is -0.308 e. The first-order valence-corrected chi connectivity index (χ1v) is 8.74. The molecular weight excluding hydrogens is 280 g/mol. The second kappa shape index (κ2) is 6.28. The van der Waals surface area contributed by atoms with Crippen LogP contribution in [0.15, 0.2) is 18.2 Å². The van der Waals surface area contributed by atoms with Crippen molar-refractivity contribution in [2.75, 3.05) is 13.1 Å². The molecule has 2 fully saturated rings. The number of nitrogens with zero attached hydrogens (tertiary/aromatic N) is 1. The van der Waals surface area contributed by atoms with Crippen LogP contribution in [0.2, 0.25) is 5.02 Å². The normalized spacial score (nSPS) is 25.6. The fourth-order valence-corrected chi connectivity index (χ4v) is 4.31. The highest BCUT2D eigenvalue weighted by Gasteiger charge is 2.40. The van der Waals surface area contributed by atoms with E-state index < -0.39 is 0 Å². The third kappa shape index (κ3) is 3.28. The number of hydrogen-bond acceptors (Lipinski definition) is 2. The van der Waals surface area contributed by atoms with Crippen LogP contribution < -0.4 is 5.32 Å². The van der Waals surface area contributed by atoms with Gasteiger partial charge in [0.2, 0.25) is 0 Å². The van der Waals surface area contributed by atoms with Crippen LogP contribution in [0.25, 0.3) is 0 Å². The van der Waals surface area contributed by atoms with Gasteiger partial charge in [0.1, 0.15) is 0 Å². The minimum absolute atomic E-state index is 0.378. The molecule has 1 unspecified atom stereocenters. The van der Waals surface area contributed by atoms with Crippen molar-refractivity contribution < 1.29 is 0 Å². The Kier molecular flexibility index (Phi) is 4.58. The van der Waals surface area contributed by atoms with Gasteiger partial charge in [-0.2, -0.15) is 0 Å². The first kappa shape index (κ1) is 15.3. The van der Waals surface area contributed by atoms with Crippen molar-refractivity contribution in [2.24, 2.45) is 0 Å². The lowest BCUT2D eigenvalue weighted by atomic mass is 9.91. The van der Waals surface area contributed by atoms with E-state index in [1.54, 1.807) is 0 Å². The molecule has 0 aromatic heterocycles. The molecule has 1 aliphatic heterocycles. The SMILES string of the molecule is CCC1CNC2(CCCC2)CN1Cc1ccc(C)cc1Cl. The van der Waals surface area contributed by atoms with E-state index in [9.17, 15) is 0 Å². The molecule has 0 amide bonds. The van der Waals surface area contributed by atoms with Crippen LogP contribution in [0.4, 0.5) is 0 Å². The van der Waals surface area contributed by atoms with E-state index in [1.165, 1.54) is 49.8 Å². The molecule has 1 spiro atoms. The Labute approximate surface area is 133 Å². The molecule has 3 rings (SSSR count). The molecule has 3 heteroatoms. The van der Waals surface area contributed by atoms with Gasteiger partial charge in [0.25, 0.3) is 0 Å². The van der Waals surface area contributed by atoms with E-state index in [2.05, 4.69) is 42.3 Å². The highest BCUT2D eigenvalue weighted by molar-refractivity contribution is 6.31. The van der Waals surface area contributed by atoms with Crippen LogP contribution in [-0.2, 0) is 6.54 Å². The summed E-state index contributed by atoms with van der Waals surface area (Å²) in [6.07, 6.45) is 6.63. The zero-order valence-corrected chi connectivity index (χ0v) is 14.0. The van der Waals surface area contributed by atoms with Crippen LogP contribution in [0.3, 0.4) is 0 Å². The van der Waals surface area contributed by atoms with Crippen LogP contribution >= 0.6 is 11.6 Å². The number of piperazine rings is 1. The summed E-state index contributed by atoms with van der Waals surface area (Å²) < 4.78 is 0. The first-order valence-electron chi connectivity index (χ1n) is 8.36. The number of aryl methyl sites for hydroxylation is 1. The number of halogens is 1. The Bertz CT molecular complexity index is 494. The average molecular weight is 307 g/mol. The van der Waals surface area contributed by atoms with Crippen molar-refractivity contribution in [3.8, 4) is 0 Å². The second-order valence-electron chi connectivity index (χ2n) is 6.93. The topological polar surface area (TPSA) is 15.3 Å². The van der Waals surface area contributed by atoms with E-state index in [-0.39, 0.29) is 0 Å². The van der Waals surface area contributed by atoms with Gasteiger partial charge in [0.05, 0.1) is 0 Å². The van der Waals surface area contributed by atoms with Gasteiger partial charge < -0.3 is 5.32 Å². The number of hydrogen-bond donors (Lipinski definition) is 1. The Morgan fingerprint density at radius 2 is 2.10 bits per heavy atom. The third-order valence-electron chi connectivity index (χ3n) is 5.35. The van der Waals surface area contributed by atoms with Gasteiger partial charge in [-0.1, -0.05) is 43.5 Å². The molecule has 1 heterocycles. The van der Waals surface area contributed by atoms with Crippen molar-refractivity contribution >= 4 is 11.6 Å². The van der Waals surface area contributed by atoms with E-state index in [0.29, 0.717) is 11.6 Å². The fourth-order valence-electron chi connectivity index (χ4n) is 4.01. The Balaban J connectivity index is 1.76. The zero-order chi connectivity index (χ0) is 14.9. The third-order valence-corrected chi connectivity index (χ3v) is 5.70. The molecular formula is C18H27ClN2. The van der Waals surface area contributed by atoms with Gasteiger partial charge in [-0.3, -0.25) is 4.90 Å². The van der Waals surface area contributed by atoms with Crippen molar-refractivity contribution in [1.29, 1.82) is 0 Å². The summed E-state index contributed by atoms with van der Waals surface area (Å²) in [6, 6.07) is 7.10. The molecule has 1 aromatic carbocycles. The first-order chi connectivity index (χ1) is 10.1. The molecule has 1 atom stereocenters. The smallest absolute Gasteiger partial charge is 0.0453 e.